The number of aromatic nitrogens is 3. The Hall–Kier alpha value is -2.31. The van der Waals surface area contributed by atoms with Crippen molar-refractivity contribution in [3.8, 4) is 5.88 Å². The summed E-state index contributed by atoms with van der Waals surface area (Å²) in [6, 6.07) is 0.0424. The second-order valence-electron chi connectivity index (χ2n) is 6.68. The van der Waals surface area contributed by atoms with Gasteiger partial charge in [-0.15, -0.1) is 0 Å². The Morgan fingerprint density at radius 3 is 2.72 bits per heavy atom. The van der Waals surface area contributed by atoms with Crippen LogP contribution in [0.4, 0.5) is 0 Å². The minimum absolute atomic E-state index is 0.0424. The zero-order chi connectivity index (χ0) is 18.1. The third-order valence-electron chi connectivity index (χ3n) is 5.08. The van der Waals surface area contributed by atoms with E-state index in [1.54, 1.807) is 11.8 Å². The van der Waals surface area contributed by atoms with E-state index in [9.17, 15) is 4.79 Å². The molecule has 1 aliphatic rings. The van der Waals surface area contributed by atoms with Crippen LogP contribution in [0.15, 0.2) is 4.52 Å². The van der Waals surface area contributed by atoms with Gasteiger partial charge in [-0.3, -0.25) is 4.79 Å². The summed E-state index contributed by atoms with van der Waals surface area (Å²) in [7, 11) is 3.52. The molecule has 0 spiro atoms. The van der Waals surface area contributed by atoms with Crippen LogP contribution >= 0.6 is 0 Å². The lowest BCUT2D eigenvalue weighted by molar-refractivity contribution is -0.132. The summed E-state index contributed by atoms with van der Waals surface area (Å²) in [5.74, 6) is 1.70. The lowest BCUT2D eigenvalue weighted by Gasteiger charge is -2.25. The van der Waals surface area contributed by atoms with Gasteiger partial charge in [0.15, 0.2) is 0 Å². The molecule has 2 aromatic rings. The van der Waals surface area contributed by atoms with Crippen molar-refractivity contribution in [3.05, 3.63) is 28.3 Å². The quantitative estimate of drug-likeness (QED) is 0.832. The summed E-state index contributed by atoms with van der Waals surface area (Å²) >= 11 is 0. The van der Waals surface area contributed by atoms with Crippen LogP contribution in [0.1, 0.15) is 53.6 Å². The number of likely N-dealkylation sites (tertiary alicyclic amines) is 1. The van der Waals surface area contributed by atoms with E-state index in [2.05, 4.69) is 10.3 Å². The third kappa shape index (κ3) is 3.15. The Morgan fingerprint density at radius 1 is 1.32 bits per heavy atom. The summed E-state index contributed by atoms with van der Waals surface area (Å²) in [5.41, 5.74) is 3.87. The van der Waals surface area contributed by atoms with E-state index in [0.717, 1.165) is 53.5 Å². The molecule has 0 unspecified atom stereocenters. The Bertz CT molecular complexity index is 758. The van der Waals surface area contributed by atoms with Crippen molar-refractivity contribution >= 4 is 5.91 Å². The van der Waals surface area contributed by atoms with Gasteiger partial charge in [-0.2, -0.15) is 5.10 Å². The molecule has 0 bridgehead atoms. The molecule has 3 rings (SSSR count). The number of carbonyl (C=O) groups is 1. The monoisotopic (exact) mass is 346 g/mol. The molecule has 0 aromatic carbocycles. The molecule has 1 atom stereocenters. The van der Waals surface area contributed by atoms with Crippen LogP contribution in [-0.2, 0) is 18.3 Å². The molecule has 1 aliphatic heterocycles. The predicted molar refractivity (Wildman–Crippen MR) is 92.5 cm³/mol. The Kier molecular flexibility index (Phi) is 4.83. The first-order valence-electron chi connectivity index (χ1n) is 8.72. The summed E-state index contributed by atoms with van der Waals surface area (Å²) in [6.45, 7) is 6.56. The van der Waals surface area contributed by atoms with Crippen molar-refractivity contribution in [1.82, 2.24) is 19.8 Å². The van der Waals surface area contributed by atoms with Crippen LogP contribution in [0.3, 0.4) is 0 Å². The highest BCUT2D eigenvalue weighted by molar-refractivity contribution is 5.77. The van der Waals surface area contributed by atoms with Crippen molar-refractivity contribution in [2.24, 2.45) is 7.05 Å². The molecule has 1 fully saturated rings. The molecule has 25 heavy (non-hydrogen) atoms. The number of methoxy groups -OCH3 is 1. The predicted octanol–water partition coefficient (Wildman–Crippen LogP) is 2.64. The molecule has 1 amide bonds. The molecule has 1 saturated heterocycles. The molecule has 3 heterocycles. The Labute approximate surface area is 147 Å². The van der Waals surface area contributed by atoms with Crippen LogP contribution < -0.4 is 4.74 Å². The van der Waals surface area contributed by atoms with Gasteiger partial charge in [-0.25, -0.2) is 4.68 Å². The minimum atomic E-state index is 0.0424. The van der Waals surface area contributed by atoms with E-state index in [1.165, 1.54) is 0 Å². The van der Waals surface area contributed by atoms with Crippen molar-refractivity contribution in [3.63, 3.8) is 0 Å². The summed E-state index contributed by atoms with van der Waals surface area (Å²) in [5, 5.41) is 8.43. The van der Waals surface area contributed by atoms with Gasteiger partial charge in [0.1, 0.15) is 5.76 Å². The maximum atomic E-state index is 12.9. The zero-order valence-corrected chi connectivity index (χ0v) is 15.6. The van der Waals surface area contributed by atoms with Crippen LogP contribution in [0.5, 0.6) is 5.88 Å². The molecule has 0 aliphatic carbocycles. The van der Waals surface area contributed by atoms with E-state index in [1.807, 2.05) is 32.7 Å². The van der Waals surface area contributed by atoms with E-state index in [-0.39, 0.29) is 11.9 Å². The standard InChI is InChI=1S/C18H26N4O3/c1-11-14(13(3)25-20-11)8-9-16(23)22-10-6-7-15(22)17-12(2)19-21(4)18(17)24-5/h15H,6-10H2,1-5H3/t15-/m0/s1. The average Bonchev–Trinajstić information content (AvgIpc) is 3.24. The van der Waals surface area contributed by atoms with Gasteiger partial charge in [0.25, 0.3) is 0 Å². The van der Waals surface area contributed by atoms with E-state index in [4.69, 9.17) is 9.26 Å². The number of aryl methyl sites for hydroxylation is 4. The molecule has 0 N–H and O–H groups in total. The highest BCUT2D eigenvalue weighted by atomic mass is 16.5. The molecular formula is C18H26N4O3. The summed E-state index contributed by atoms with van der Waals surface area (Å²) < 4.78 is 12.5. The minimum Gasteiger partial charge on any atom is -0.481 e. The molecule has 7 nitrogen and oxygen atoms in total. The van der Waals surface area contributed by atoms with Gasteiger partial charge in [-0.05, 0) is 40.0 Å². The number of hydrogen-bond donors (Lipinski definition) is 0. The highest BCUT2D eigenvalue weighted by Crippen LogP contribution is 2.39. The van der Waals surface area contributed by atoms with Crippen molar-refractivity contribution < 1.29 is 14.1 Å². The first kappa shape index (κ1) is 17.5. The van der Waals surface area contributed by atoms with Gasteiger partial charge in [0, 0.05) is 25.6 Å². The summed E-state index contributed by atoms with van der Waals surface area (Å²) in [4.78, 5) is 14.8. The van der Waals surface area contributed by atoms with Crippen LogP contribution in [0, 0.1) is 20.8 Å². The lowest BCUT2D eigenvalue weighted by Crippen LogP contribution is -2.31. The number of ether oxygens (including phenoxy) is 1. The first-order valence-corrected chi connectivity index (χ1v) is 8.72. The average molecular weight is 346 g/mol. The lowest BCUT2D eigenvalue weighted by atomic mass is 10.0. The summed E-state index contributed by atoms with van der Waals surface area (Å²) in [6.07, 6.45) is 3.06. The van der Waals surface area contributed by atoms with Gasteiger partial charge in [-0.1, -0.05) is 5.16 Å². The van der Waals surface area contributed by atoms with Gasteiger partial charge >= 0.3 is 0 Å². The van der Waals surface area contributed by atoms with Crippen LogP contribution in [0.2, 0.25) is 0 Å². The maximum absolute atomic E-state index is 12.9. The Balaban J connectivity index is 1.76. The number of nitrogens with zero attached hydrogens (tertiary/aromatic N) is 4. The van der Waals surface area contributed by atoms with E-state index in [0.29, 0.717) is 12.8 Å². The van der Waals surface area contributed by atoms with Gasteiger partial charge in [0.2, 0.25) is 11.8 Å². The van der Waals surface area contributed by atoms with Gasteiger partial charge < -0.3 is 14.2 Å². The normalized spacial score (nSPS) is 17.3. The zero-order valence-electron chi connectivity index (χ0n) is 15.6. The first-order chi connectivity index (χ1) is 11.9. The Morgan fingerprint density at radius 2 is 2.08 bits per heavy atom. The van der Waals surface area contributed by atoms with Gasteiger partial charge in [0.05, 0.1) is 30.1 Å². The smallest absolute Gasteiger partial charge is 0.223 e. The van der Waals surface area contributed by atoms with Crippen molar-refractivity contribution in [1.29, 1.82) is 0 Å². The SMILES string of the molecule is COc1c([C@@H]2CCCN2C(=O)CCc2c(C)noc2C)c(C)nn1C. The molecule has 7 heteroatoms. The van der Waals surface area contributed by atoms with E-state index >= 15 is 0 Å². The number of amides is 1. The molecule has 0 radical (unpaired) electrons. The molecule has 0 saturated carbocycles. The molecular weight excluding hydrogens is 320 g/mol. The van der Waals surface area contributed by atoms with Crippen molar-refractivity contribution in [2.45, 2.75) is 52.5 Å². The third-order valence-corrected chi connectivity index (χ3v) is 5.08. The second kappa shape index (κ2) is 6.90. The second-order valence-corrected chi connectivity index (χ2v) is 6.68. The fourth-order valence-electron chi connectivity index (χ4n) is 3.88. The number of rotatable bonds is 5. The molecule has 2 aromatic heterocycles. The van der Waals surface area contributed by atoms with Crippen molar-refractivity contribution in [2.75, 3.05) is 13.7 Å². The van der Waals surface area contributed by atoms with Crippen LogP contribution in [-0.4, -0.2) is 39.4 Å². The largest absolute Gasteiger partial charge is 0.481 e. The molecule has 136 valence electrons. The highest BCUT2D eigenvalue weighted by Gasteiger charge is 2.34. The maximum Gasteiger partial charge on any atom is 0.223 e. The fraction of sp³-hybridized carbons (Fsp3) is 0.611. The van der Waals surface area contributed by atoms with Crippen LogP contribution in [0.25, 0.3) is 0 Å². The topological polar surface area (TPSA) is 73.4 Å². The number of hydrogen-bond acceptors (Lipinski definition) is 5. The van der Waals surface area contributed by atoms with E-state index < -0.39 is 0 Å². The fourth-order valence-corrected chi connectivity index (χ4v) is 3.88. The number of carbonyl (C=O) groups excluding carboxylic acids is 1.